The number of carbonyl (C=O) groups is 1. The van der Waals surface area contributed by atoms with E-state index in [9.17, 15) is 20.1 Å². The quantitative estimate of drug-likeness (QED) is 0.285. The summed E-state index contributed by atoms with van der Waals surface area (Å²) in [7, 11) is 0. The largest absolute Gasteiger partial charge is 0.394 e. The summed E-state index contributed by atoms with van der Waals surface area (Å²) in [6.07, 6.45) is -6.78. The third-order valence-corrected chi connectivity index (χ3v) is 2.18. The van der Waals surface area contributed by atoms with Crippen LogP contribution in [-0.4, -0.2) is 63.7 Å². The summed E-state index contributed by atoms with van der Waals surface area (Å²) in [6.45, 7) is -0.554. The average Bonchev–Trinajstić information content (AvgIpc) is 2.18. The Morgan fingerprint density at radius 2 is 1.87 bits per heavy atom. The molecule has 8 nitrogen and oxygen atoms in total. The molecular formula is C7H14N2O6. The molecule has 1 heterocycles. The molecule has 1 saturated heterocycles. The number of hydrogen-bond donors (Lipinski definition) is 6. The van der Waals surface area contributed by atoms with Crippen LogP contribution in [0.25, 0.3) is 0 Å². The van der Waals surface area contributed by atoms with Gasteiger partial charge in [0.25, 0.3) is 0 Å². The van der Waals surface area contributed by atoms with Crippen molar-refractivity contribution in [3.8, 4) is 0 Å². The molecular weight excluding hydrogens is 208 g/mol. The van der Waals surface area contributed by atoms with Crippen molar-refractivity contribution in [3.63, 3.8) is 0 Å². The summed E-state index contributed by atoms with van der Waals surface area (Å²) in [6, 6.07) is -0.945. The highest BCUT2D eigenvalue weighted by Gasteiger charge is 2.43. The zero-order valence-electron chi connectivity index (χ0n) is 7.78. The van der Waals surface area contributed by atoms with E-state index in [2.05, 4.69) is 0 Å². The van der Waals surface area contributed by atoms with Gasteiger partial charge < -0.3 is 36.2 Å². The number of carbonyl (C=O) groups excluding carboxylic acids is 1. The number of nitrogens with two attached hydrogens (primary N) is 1. The second kappa shape index (κ2) is 4.73. The fourth-order valence-electron chi connectivity index (χ4n) is 1.36. The molecule has 0 unspecified atom stereocenters. The van der Waals surface area contributed by atoms with Gasteiger partial charge >= 0.3 is 6.03 Å². The van der Waals surface area contributed by atoms with Crippen LogP contribution in [0.15, 0.2) is 0 Å². The first-order valence-electron chi connectivity index (χ1n) is 4.34. The van der Waals surface area contributed by atoms with Gasteiger partial charge in [0, 0.05) is 0 Å². The van der Waals surface area contributed by atoms with Crippen molar-refractivity contribution in [2.45, 2.75) is 30.6 Å². The van der Waals surface area contributed by atoms with E-state index in [0.717, 1.165) is 0 Å². The molecule has 0 aromatic heterocycles. The molecule has 1 aliphatic heterocycles. The number of nitrogens with one attached hydrogen (secondary N) is 1. The Morgan fingerprint density at radius 1 is 1.27 bits per heavy atom. The van der Waals surface area contributed by atoms with Crippen LogP contribution in [0.4, 0.5) is 4.79 Å². The summed E-state index contributed by atoms with van der Waals surface area (Å²) in [5.74, 6) is 0. The predicted molar refractivity (Wildman–Crippen MR) is 46.5 cm³/mol. The molecule has 15 heavy (non-hydrogen) atoms. The third-order valence-electron chi connectivity index (χ3n) is 2.18. The first kappa shape index (κ1) is 12.1. The smallest absolute Gasteiger partial charge is 0.314 e. The standard InChI is InChI=1S/C7H14N2O6/c8-7(14)9-6-5(13)4(12)3(11)2(1-10)15-6/h2-6,10-13H,1H2,(H3,8,9,14)/t2-,3+,4+,5+,6-/m1/s1. The number of hydrogen-bond acceptors (Lipinski definition) is 6. The number of urea groups is 1. The van der Waals surface area contributed by atoms with Gasteiger partial charge in [0.15, 0.2) is 6.23 Å². The number of rotatable bonds is 2. The van der Waals surface area contributed by atoms with Crippen LogP contribution in [0.2, 0.25) is 0 Å². The lowest BCUT2D eigenvalue weighted by atomic mass is 9.98. The van der Waals surface area contributed by atoms with Crippen molar-refractivity contribution in [1.29, 1.82) is 0 Å². The fourth-order valence-corrected chi connectivity index (χ4v) is 1.36. The topological polar surface area (TPSA) is 145 Å². The molecule has 0 radical (unpaired) electrons. The van der Waals surface area contributed by atoms with E-state index in [4.69, 9.17) is 15.6 Å². The minimum absolute atomic E-state index is 0.554. The monoisotopic (exact) mass is 222 g/mol. The van der Waals surface area contributed by atoms with Crippen LogP contribution >= 0.6 is 0 Å². The van der Waals surface area contributed by atoms with Gasteiger partial charge in [-0.25, -0.2) is 4.79 Å². The maximum absolute atomic E-state index is 10.5. The molecule has 1 aliphatic rings. The van der Waals surface area contributed by atoms with Crippen molar-refractivity contribution >= 4 is 6.03 Å². The lowest BCUT2D eigenvalue weighted by Gasteiger charge is -2.39. The number of ether oxygens (including phenoxy) is 1. The highest BCUT2D eigenvalue weighted by molar-refractivity contribution is 5.71. The molecule has 0 spiro atoms. The Kier molecular flexibility index (Phi) is 3.83. The maximum Gasteiger partial charge on any atom is 0.314 e. The summed E-state index contributed by atoms with van der Waals surface area (Å²) in [5, 5.41) is 38.9. The molecule has 0 aromatic carbocycles. The van der Waals surface area contributed by atoms with Crippen LogP contribution in [-0.2, 0) is 4.74 Å². The third kappa shape index (κ3) is 2.55. The molecule has 1 rings (SSSR count). The first-order valence-corrected chi connectivity index (χ1v) is 4.34. The maximum atomic E-state index is 10.5. The van der Waals surface area contributed by atoms with Gasteiger partial charge in [-0.2, -0.15) is 0 Å². The van der Waals surface area contributed by atoms with Gasteiger partial charge in [-0.3, -0.25) is 0 Å². The number of amides is 2. The molecule has 0 bridgehead atoms. The highest BCUT2D eigenvalue weighted by Crippen LogP contribution is 2.19. The molecule has 7 N–H and O–H groups in total. The summed E-state index contributed by atoms with van der Waals surface area (Å²) in [5.41, 5.74) is 4.80. The molecule has 88 valence electrons. The van der Waals surface area contributed by atoms with Gasteiger partial charge in [-0.1, -0.05) is 0 Å². The molecule has 2 amide bonds. The molecule has 0 aliphatic carbocycles. The molecule has 0 saturated carbocycles. The Morgan fingerprint density at radius 3 is 2.33 bits per heavy atom. The van der Waals surface area contributed by atoms with E-state index >= 15 is 0 Å². The van der Waals surface area contributed by atoms with Crippen LogP contribution in [0.1, 0.15) is 0 Å². The van der Waals surface area contributed by atoms with Gasteiger partial charge in [-0.15, -0.1) is 0 Å². The van der Waals surface area contributed by atoms with E-state index in [1.54, 1.807) is 0 Å². The van der Waals surface area contributed by atoms with E-state index < -0.39 is 43.3 Å². The van der Waals surface area contributed by atoms with Crippen LogP contribution in [0.3, 0.4) is 0 Å². The minimum Gasteiger partial charge on any atom is -0.394 e. The van der Waals surface area contributed by atoms with Crippen molar-refractivity contribution in [2.24, 2.45) is 5.73 Å². The normalized spacial score (nSPS) is 41.2. The van der Waals surface area contributed by atoms with Crippen LogP contribution in [0.5, 0.6) is 0 Å². The second-order valence-corrected chi connectivity index (χ2v) is 3.26. The molecule has 0 aromatic rings. The summed E-state index contributed by atoms with van der Waals surface area (Å²) >= 11 is 0. The van der Waals surface area contributed by atoms with Crippen molar-refractivity contribution in [3.05, 3.63) is 0 Å². The average molecular weight is 222 g/mol. The van der Waals surface area contributed by atoms with Crippen molar-refractivity contribution in [2.75, 3.05) is 6.61 Å². The van der Waals surface area contributed by atoms with Gasteiger partial charge in [0.2, 0.25) is 0 Å². The minimum atomic E-state index is -1.52. The predicted octanol–water partition coefficient (Wildman–Crippen LogP) is -3.55. The summed E-state index contributed by atoms with van der Waals surface area (Å²) < 4.78 is 4.92. The van der Waals surface area contributed by atoms with Crippen LogP contribution in [0, 0.1) is 0 Å². The van der Waals surface area contributed by atoms with E-state index in [0.29, 0.717) is 0 Å². The fraction of sp³-hybridized carbons (Fsp3) is 0.857. The zero-order chi connectivity index (χ0) is 11.6. The van der Waals surface area contributed by atoms with Gasteiger partial charge in [0.05, 0.1) is 6.61 Å². The highest BCUT2D eigenvalue weighted by atomic mass is 16.6. The SMILES string of the molecule is NC(=O)N[C@@H]1O[C@H](CO)[C@H](O)[C@H](O)[C@@H]1O. The second-order valence-electron chi connectivity index (χ2n) is 3.26. The Hall–Kier alpha value is -0.930. The molecule has 8 heteroatoms. The number of primary amides is 1. The van der Waals surface area contributed by atoms with Crippen molar-refractivity contribution in [1.82, 2.24) is 5.32 Å². The summed E-state index contributed by atoms with van der Waals surface area (Å²) in [4.78, 5) is 10.5. The van der Waals surface area contributed by atoms with Crippen LogP contribution < -0.4 is 11.1 Å². The van der Waals surface area contributed by atoms with E-state index in [-0.39, 0.29) is 0 Å². The van der Waals surface area contributed by atoms with E-state index in [1.807, 2.05) is 5.32 Å². The Labute approximate surface area is 85.3 Å². The Bertz CT molecular complexity index is 236. The zero-order valence-corrected chi connectivity index (χ0v) is 7.78. The lowest BCUT2D eigenvalue weighted by molar-refractivity contribution is -0.233. The molecule has 5 atom stereocenters. The first-order chi connectivity index (χ1) is 6.97. The number of aliphatic hydroxyl groups excluding tert-OH is 4. The van der Waals surface area contributed by atoms with Crippen molar-refractivity contribution < 1.29 is 30.0 Å². The van der Waals surface area contributed by atoms with E-state index in [1.165, 1.54) is 0 Å². The molecule has 1 fully saturated rings. The van der Waals surface area contributed by atoms with Gasteiger partial charge in [-0.05, 0) is 0 Å². The van der Waals surface area contributed by atoms with Gasteiger partial charge in [0.1, 0.15) is 24.4 Å². The Balaban J connectivity index is 2.69. The number of aliphatic hydroxyl groups is 4. The lowest BCUT2D eigenvalue weighted by Crippen LogP contribution is -2.63.